The fourth-order valence-electron chi connectivity index (χ4n) is 2.43. The summed E-state index contributed by atoms with van der Waals surface area (Å²) in [5.74, 6) is 1.07. The Kier molecular flexibility index (Phi) is 3.79. The molecule has 0 unspecified atom stereocenters. The van der Waals surface area contributed by atoms with Crippen LogP contribution in [0.15, 0.2) is 29.6 Å². The number of rotatable bonds is 2. The van der Waals surface area contributed by atoms with Crippen molar-refractivity contribution in [2.45, 2.75) is 6.92 Å². The molecule has 0 spiro atoms. The zero-order chi connectivity index (χ0) is 14.8. The smallest absolute Gasteiger partial charge is 0.264 e. The van der Waals surface area contributed by atoms with Gasteiger partial charge >= 0.3 is 0 Å². The molecule has 0 aromatic carbocycles. The number of carbonyl (C=O) groups is 1. The monoisotopic (exact) mass is 302 g/mol. The van der Waals surface area contributed by atoms with E-state index in [9.17, 15) is 4.79 Å². The van der Waals surface area contributed by atoms with Crippen LogP contribution in [0.25, 0.3) is 0 Å². The van der Waals surface area contributed by atoms with Crippen molar-refractivity contribution in [3.63, 3.8) is 0 Å². The van der Waals surface area contributed by atoms with Crippen LogP contribution in [0.3, 0.4) is 0 Å². The van der Waals surface area contributed by atoms with Gasteiger partial charge in [0, 0.05) is 26.2 Å². The van der Waals surface area contributed by atoms with Gasteiger partial charge in [-0.15, -0.1) is 11.3 Å². The molecule has 5 nitrogen and oxygen atoms in total. The number of piperazine rings is 1. The van der Waals surface area contributed by atoms with Crippen molar-refractivity contribution >= 4 is 28.7 Å². The number of nitrogens with two attached hydrogens (primary N) is 1. The lowest BCUT2D eigenvalue weighted by molar-refractivity contribution is 0.0751. The summed E-state index contributed by atoms with van der Waals surface area (Å²) in [6.07, 6.45) is 0. The maximum Gasteiger partial charge on any atom is 0.264 e. The molecule has 2 N–H and O–H groups in total. The Morgan fingerprint density at radius 3 is 2.62 bits per heavy atom. The highest BCUT2D eigenvalue weighted by molar-refractivity contribution is 7.12. The zero-order valence-corrected chi connectivity index (χ0v) is 12.8. The van der Waals surface area contributed by atoms with E-state index in [1.807, 2.05) is 41.5 Å². The summed E-state index contributed by atoms with van der Waals surface area (Å²) in [5, 5.41) is 1.94. The molecule has 3 rings (SSSR count). The Bertz CT molecular complexity index is 633. The Morgan fingerprint density at radius 1 is 1.24 bits per heavy atom. The molecule has 3 heterocycles. The molecule has 2 aromatic rings. The lowest BCUT2D eigenvalue weighted by Gasteiger charge is -2.35. The molecule has 1 aliphatic heterocycles. The summed E-state index contributed by atoms with van der Waals surface area (Å²) in [6, 6.07) is 7.62. The highest BCUT2D eigenvalue weighted by Gasteiger charge is 2.23. The van der Waals surface area contributed by atoms with Gasteiger partial charge in [-0.25, -0.2) is 4.98 Å². The SMILES string of the molecule is Cc1nc(N2CCN(C(=O)c3cccs3)CC2)ccc1N. The van der Waals surface area contributed by atoms with Crippen LogP contribution in [0, 0.1) is 6.92 Å². The molecule has 0 aliphatic carbocycles. The van der Waals surface area contributed by atoms with Crippen LogP contribution in [0.4, 0.5) is 11.5 Å². The minimum absolute atomic E-state index is 0.131. The second kappa shape index (κ2) is 5.73. The number of hydrogen-bond acceptors (Lipinski definition) is 5. The molecule has 1 aliphatic rings. The fraction of sp³-hybridized carbons (Fsp3) is 0.333. The van der Waals surface area contributed by atoms with E-state index in [1.165, 1.54) is 11.3 Å². The first-order valence-corrected chi connectivity index (χ1v) is 7.84. The molecular weight excluding hydrogens is 284 g/mol. The second-order valence-electron chi connectivity index (χ2n) is 5.10. The van der Waals surface area contributed by atoms with E-state index < -0.39 is 0 Å². The van der Waals surface area contributed by atoms with Crippen molar-refractivity contribution in [3.8, 4) is 0 Å². The maximum atomic E-state index is 12.3. The normalized spacial score (nSPS) is 15.3. The molecule has 110 valence electrons. The Labute approximate surface area is 128 Å². The van der Waals surface area contributed by atoms with Crippen molar-refractivity contribution in [2.75, 3.05) is 36.8 Å². The van der Waals surface area contributed by atoms with E-state index >= 15 is 0 Å². The number of amides is 1. The van der Waals surface area contributed by atoms with E-state index in [-0.39, 0.29) is 5.91 Å². The lowest BCUT2D eigenvalue weighted by atomic mass is 10.2. The van der Waals surface area contributed by atoms with Gasteiger partial charge in [0.05, 0.1) is 16.3 Å². The Morgan fingerprint density at radius 2 is 2.00 bits per heavy atom. The first-order chi connectivity index (χ1) is 10.1. The highest BCUT2D eigenvalue weighted by atomic mass is 32.1. The van der Waals surface area contributed by atoms with Gasteiger partial charge in [-0.1, -0.05) is 6.07 Å². The molecule has 0 saturated carbocycles. The third kappa shape index (κ3) is 2.85. The van der Waals surface area contributed by atoms with E-state index in [1.54, 1.807) is 0 Å². The van der Waals surface area contributed by atoms with Crippen LogP contribution < -0.4 is 10.6 Å². The molecule has 21 heavy (non-hydrogen) atoms. The number of aryl methyl sites for hydroxylation is 1. The molecule has 0 radical (unpaired) electrons. The molecule has 1 amide bonds. The van der Waals surface area contributed by atoms with Crippen LogP contribution in [0.1, 0.15) is 15.4 Å². The molecular formula is C15H18N4OS. The summed E-state index contributed by atoms with van der Waals surface area (Å²) >= 11 is 1.49. The summed E-state index contributed by atoms with van der Waals surface area (Å²) in [4.78, 5) is 21.7. The third-order valence-electron chi connectivity index (χ3n) is 3.73. The molecule has 0 atom stereocenters. The topological polar surface area (TPSA) is 62.5 Å². The molecule has 0 bridgehead atoms. The quantitative estimate of drug-likeness (QED) is 0.921. The summed E-state index contributed by atoms with van der Waals surface area (Å²) in [7, 11) is 0. The van der Waals surface area contributed by atoms with Gasteiger partial charge in [-0.2, -0.15) is 0 Å². The number of aromatic nitrogens is 1. The van der Waals surface area contributed by atoms with Crippen molar-refractivity contribution in [2.24, 2.45) is 0 Å². The highest BCUT2D eigenvalue weighted by Crippen LogP contribution is 2.19. The van der Waals surface area contributed by atoms with Crippen LogP contribution >= 0.6 is 11.3 Å². The average molecular weight is 302 g/mol. The predicted molar refractivity (Wildman–Crippen MR) is 85.8 cm³/mol. The number of pyridine rings is 1. The average Bonchev–Trinajstić information content (AvgIpc) is 3.04. The predicted octanol–water partition coefficient (Wildman–Crippen LogP) is 2.00. The van der Waals surface area contributed by atoms with Crippen molar-refractivity contribution < 1.29 is 4.79 Å². The Balaban J connectivity index is 1.65. The van der Waals surface area contributed by atoms with Crippen molar-refractivity contribution in [1.82, 2.24) is 9.88 Å². The molecule has 6 heteroatoms. The number of nitrogen functional groups attached to an aromatic ring is 1. The van der Waals surface area contributed by atoms with Crippen molar-refractivity contribution in [3.05, 3.63) is 40.2 Å². The van der Waals surface area contributed by atoms with Gasteiger partial charge in [-0.05, 0) is 30.5 Å². The number of nitrogens with zero attached hydrogens (tertiary/aromatic N) is 3. The summed E-state index contributed by atoms with van der Waals surface area (Å²) in [6.45, 7) is 4.96. The standard InChI is InChI=1S/C15H18N4OS/c1-11-12(16)4-5-14(17-11)18-6-8-19(9-7-18)15(20)13-3-2-10-21-13/h2-5,10H,6-9,16H2,1H3. The largest absolute Gasteiger partial charge is 0.397 e. The first-order valence-electron chi connectivity index (χ1n) is 6.96. The summed E-state index contributed by atoms with van der Waals surface area (Å²) in [5.41, 5.74) is 7.37. The van der Waals surface area contributed by atoms with E-state index in [2.05, 4.69) is 9.88 Å². The molecule has 1 fully saturated rings. The minimum atomic E-state index is 0.131. The first kappa shape index (κ1) is 13.9. The van der Waals surface area contributed by atoms with Gasteiger partial charge in [0.15, 0.2) is 0 Å². The van der Waals surface area contributed by atoms with Gasteiger partial charge in [0.2, 0.25) is 0 Å². The number of anilines is 2. The van der Waals surface area contributed by atoms with Crippen LogP contribution in [0.5, 0.6) is 0 Å². The number of thiophene rings is 1. The van der Waals surface area contributed by atoms with E-state index in [0.717, 1.165) is 42.6 Å². The van der Waals surface area contributed by atoms with Crippen molar-refractivity contribution in [1.29, 1.82) is 0 Å². The van der Waals surface area contributed by atoms with Crippen LogP contribution in [-0.4, -0.2) is 42.0 Å². The fourth-order valence-corrected chi connectivity index (χ4v) is 3.12. The lowest BCUT2D eigenvalue weighted by Crippen LogP contribution is -2.48. The van der Waals surface area contributed by atoms with Crippen LogP contribution in [-0.2, 0) is 0 Å². The van der Waals surface area contributed by atoms with E-state index in [4.69, 9.17) is 5.73 Å². The van der Waals surface area contributed by atoms with Crippen LogP contribution in [0.2, 0.25) is 0 Å². The molecule has 1 saturated heterocycles. The molecule has 2 aromatic heterocycles. The van der Waals surface area contributed by atoms with E-state index in [0.29, 0.717) is 5.69 Å². The van der Waals surface area contributed by atoms with Gasteiger partial charge in [0.25, 0.3) is 5.91 Å². The summed E-state index contributed by atoms with van der Waals surface area (Å²) < 4.78 is 0. The maximum absolute atomic E-state index is 12.3. The van der Waals surface area contributed by atoms with Gasteiger partial charge in [0.1, 0.15) is 5.82 Å². The Hall–Kier alpha value is -2.08. The number of carbonyl (C=O) groups excluding carboxylic acids is 1. The number of hydrogen-bond donors (Lipinski definition) is 1. The third-order valence-corrected chi connectivity index (χ3v) is 4.59. The van der Waals surface area contributed by atoms with Gasteiger partial charge in [-0.3, -0.25) is 4.79 Å². The second-order valence-corrected chi connectivity index (χ2v) is 6.05. The minimum Gasteiger partial charge on any atom is -0.397 e. The van der Waals surface area contributed by atoms with Gasteiger partial charge < -0.3 is 15.5 Å². The zero-order valence-electron chi connectivity index (χ0n) is 12.0.